The molecule has 420 valence electrons. The molecule has 0 aliphatic heterocycles. The third kappa shape index (κ3) is 8.88. The maximum Gasteiger partial charge on any atom is 0.0618 e. The zero-order valence-corrected chi connectivity index (χ0v) is 49.7. The molecule has 2 heterocycles. The molecule has 5 aliphatic rings. The fraction of sp³-hybridized carbons (Fsp3) is 0.333. The van der Waals surface area contributed by atoms with Gasteiger partial charge in [-0.1, -0.05) is 200 Å². The molecule has 4 saturated carbocycles. The molecule has 3 nitrogen and oxygen atoms in total. The minimum Gasteiger partial charge on any atom is -0.311 e. The average Bonchev–Trinajstić information content (AvgIpc) is 1.52. The lowest BCUT2D eigenvalue weighted by atomic mass is 9.83. The summed E-state index contributed by atoms with van der Waals surface area (Å²) in [5.74, 6) is 2.45. The van der Waals surface area contributed by atoms with Crippen molar-refractivity contribution in [3.63, 3.8) is 0 Å². The Balaban J connectivity index is 0.924. The molecule has 0 unspecified atom stereocenters. The molecule has 11 aromatic rings. The van der Waals surface area contributed by atoms with Gasteiger partial charge in [0.05, 0.1) is 16.7 Å². The Bertz CT molecular complexity index is 4110. The van der Waals surface area contributed by atoms with Gasteiger partial charge in [0.25, 0.3) is 0 Å². The Kier molecular flexibility index (Phi) is 13.3. The lowest BCUT2D eigenvalue weighted by molar-refractivity contribution is 0.443. The second-order valence-electron chi connectivity index (χ2n) is 26.9. The highest BCUT2D eigenvalue weighted by Gasteiger charge is 2.42. The molecule has 2 aromatic heterocycles. The minimum atomic E-state index is -0.348. The maximum atomic E-state index is 2.76. The van der Waals surface area contributed by atoms with Crippen molar-refractivity contribution in [3.05, 3.63) is 222 Å². The highest BCUT2D eigenvalue weighted by atomic mass is 15.2. The maximum absolute atomic E-state index is 2.76. The van der Waals surface area contributed by atoms with Crippen LogP contribution in [0.2, 0.25) is 0 Å². The van der Waals surface area contributed by atoms with Gasteiger partial charge in [0, 0.05) is 66.7 Å². The molecule has 0 atom stereocenters. The quantitative estimate of drug-likeness (QED) is 0.128. The highest BCUT2D eigenvalue weighted by Crippen LogP contribution is 2.58. The normalized spacial score (nSPS) is 18.0. The van der Waals surface area contributed by atoms with E-state index in [-0.39, 0.29) is 5.41 Å². The van der Waals surface area contributed by atoms with Crippen molar-refractivity contribution in [2.75, 3.05) is 9.80 Å². The molecule has 5 aliphatic carbocycles. The summed E-state index contributed by atoms with van der Waals surface area (Å²) < 4.78 is 2.76. The van der Waals surface area contributed by atoms with Crippen LogP contribution in [0.25, 0.3) is 60.2 Å². The van der Waals surface area contributed by atoms with Gasteiger partial charge in [0.1, 0.15) is 0 Å². The molecule has 9 aromatic carbocycles. The molecule has 0 amide bonds. The first kappa shape index (κ1) is 52.0. The number of hydrogen-bond acceptors (Lipinski definition) is 2. The Morgan fingerprint density at radius 3 is 1.30 bits per heavy atom. The van der Waals surface area contributed by atoms with E-state index in [1.54, 1.807) is 0 Å². The summed E-state index contributed by atoms with van der Waals surface area (Å²) in [6.07, 6.45) is 26.3. The molecule has 0 N–H and O–H groups in total. The van der Waals surface area contributed by atoms with Crippen LogP contribution in [0.5, 0.6) is 0 Å². The van der Waals surface area contributed by atoms with E-state index in [4.69, 9.17) is 0 Å². The van der Waals surface area contributed by atoms with Crippen molar-refractivity contribution >= 4 is 72.1 Å². The van der Waals surface area contributed by atoms with Gasteiger partial charge in [-0.25, -0.2) is 0 Å². The number of nitrogens with zero attached hydrogens (tertiary/aromatic N) is 3. The Morgan fingerprint density at radius 1 is 0.357 bits per heavy atom. The smallest absolute Gasteiger partial charge is 0.0618 e. The lowest BCUT2D eigenvalue weighted by Crippen LogP contribution is -2.19. The van der Waals surface area contributed by atoms with Crippen LogP contribution in [0, 0.1) is 0 Å². The summed E-state index contributed by atoms with van der Waals surface area (Å²) >= 11 is 0. The molecule has 0 radical (unpaired) electrons. The van der Waals surface area contributed by atoms with Gasteiger partial charge >= 0.3 is 0 Å². The minimum absolute atomic E-state index is 0.348. The molecular formula is C81H81N3. The van der Waals surface area contributed by atoms with Crippen LogP contribution in [-0.2, 0) is 5.41 Å². The van der Waals surface area contributed by atoms with Crippen LogP contribution < -0.4 is 9.80 Å². The average molecular weight is 1100 g/mol. The molecule has 3 heteroatoms. The van der Waals surface area contributed by atoms with E-state index < -0.39 is 0 Å². The predicted molar refractivity (Wildman–Crippen MR) is 357 cm³/mol. The molecule has 0 spiro atoms. The summed E-state index contributed by atoms with van der Waals surface area (Å²) in [5, 5.41) is 6.62. The number of benzene rings is 9. The van der Waals surface area contributed by atoms with Crippen LogP contribution in [0.15, 0.2) is 188 Å². The van der Waals surface area contributed by atoms with E-state index >= 15 is 0 Å². The summed E-state index contributed by atoms with van der Waals surface area (Å²) in [5.41, 5.74) is 23.8. The molecule has 16 rings (SSSR count). The third-order valence-corrected chi connectivity index (χ3v) is 21.5. The highest BCUT2D eigenvalue weighted by molar-refractivity contribution is 6.29. The van der Waals surface area contributed by atoms with Crippen molar-refractivity contribution in [3.8, 4) is 22.3 Å². The van der Waals surface area contributed by atoms with E-state index in [0.717, 1.165) is 0 Å². The van der Waals surface area contributed by atoms with Gasteiger partial charge in [0.2, 0.25) is 0 Å². The van der Waals surface area contributed by atoms with Gasteiger partial charge in [0.15, 0.2) is 0 Å². The van der Waals surface area contributed by atoms with E-state index in [1.807, 2.05) is 0 Å². The monoisotopic (exact) mass is 1100 g/mol. The van der Waals surface area contributed by atoms with Crippen molar-refractivity contribution < 1.29 is 0 Å². The van der Waals surface area contributed by atoms with E-state index in [1.165, 1.54) is 256 Å². The van der Waals surface area contributed by atoms with E-state index in [0.29, 0.717) is 23.7 Å². The zero-order valence-electron chi connectivity index (χ0n) is 49.7. The van der Waals surface area contributed by atoms with Gasteiger partial charge in [-0.2, -0.15) is 0 Å². The summed E-state index contributed by atoms with van der Waals surface area (Å²) in [6.45, 7) is 5.05. The van der Waals surface area contributed by atoms with E-state index in [2.05, 4.69) is 216 Å². The molecular weight excluding hydrogens is 1010 g/mol. The molecule has 0 saturated heterocycles. The number of rotatable bonds is 11. The Labute approximate surface area is 498 Å². The van der Waals surface area contributed by atoms with Crippen LogP contribution in [0.4, 0.5) is 34.1 Å². The second kappa shape index (κ2) is 21.5. The number of fused-ring (bicyclic) bond motifs is 10. The molecule has 4 fully saturated rings. The topological polar surface area (TPSA) is 10.9 Å². The first-order chi connectivity index (χ1) is 41.4. The van der Waals surface area contributed by atoms with Crippen LogP contribution in [0.3, 0.4) is 0 Å². The van der Waals surface area contributed by atoms with Crippen molar-refractivity contribution in [2.24, 2.45) is 0 Å². The largest absolute Gasteiger partial charge is 0.311 e. The number of anilines is 6. The van der Waals surface area contributed by atoms with Gasteiger partial charge in [-0.3, -0.25) is 0 Å². The van der Waals surface area contributed by atoms with Gasteiger partial charge in [-0.15, -0.1) is 0 Å². The standard InChI is InChI=1S/C81H81N3/c1-81(2)74-52-68(82(64-38-20-34-59(46-64)54-24-8-3-9-25-54)65-39-21-35-60(47-65)55-26-10-4-11-27-55)44-45-71(74)78-73-51-63(58-32-16-7-17-33-58)50-72-77-70-43-19-18-42-69(70)75(53-76(77)84(79(72)73)80(78)81)83(66-40-22-36-61(48-66)56-28-12-5-13-29-56)67-41-23-37-62(49-67)57-30-14-6-15-31-57/h7,16-23,32-57H,3-6,8-15,24-31H2,1-2H3. The second-order valence-corrected chi connectivity index (χ2v) is 26.9. The molecule has 0 bridgehead atoms. The number of hydrogen-bond donors (Lipinski definition) is 0. The Hall–Kier alpha value is -7.62. The van der Waals surface area contributed by atoms with Crippen molar-refractivity contribution in [1.29, 1.82) is 0 Å². The van der Waals surface area contributed by atoms with Gasteiger partial charge < -0.3 is 14.2 Å². The predicted octanol–water partition coefficient (Wildman–Crippen LogP) is 23.9. The zero-order chi connectivity index (χ0) is 55.9. The van der Waals surface area contributed by atoms with Crippen LogP contribution in [-0.4, -0.2) is 4.40 Å². The van der Waals surface area contributed by atoms with Crippen LogP contribution in [0.1, 0.15) is 199 Å². The molecule has 84 heavy (non-hydrogen) atoms. The summed E-state index contributed by atoms with van der Waals surface area (Å²) in [4.78, 5) is 5.27. The van der Waals surface area contributed by atoms with Crippen LogP contribution >= 0.6 is 0 Å². The summed E-state index contributed by atoms with van der Waals surface area (Å²) in [6, 6.07) is 74.6. The fourth-order valence-corrected chi connectivity index (χ4v) is 17.3. The summed E-state index contributed by atoms with van der Waals surface area (Å²) in [7, 11) is 0. The van der Waals surface area contributed by atoms with E-state index in [9.17, 15) is 0 Å². The first-order valence-corrected chi connectivity index (χ1v) is 32.9. The SMILES string of the molecule is CC1(C)c2cc(N(c3cccc(C4CCCCC4)c3)c3cccc(C4CCCCC4)c3)ccc2-c2c1n1c3cc(N(c4cccc(C5CCCCC5)c4)c4cccc(C5CCCCC5)c4)c4ccccc4c3c3cc(-c4ccccc4)cc2c31. The Morgan fingerprint density at radius 2 is 0.798 bits per heavy atom. The first-order valence-electron chi connectivity index (χ1n) is 32.9. The third-order valence-electron chi connectivity index (χ3n) is 21.5. The fourth-order valence-electron chi connectivity index (χ4n) is 17.3. The number of aromatic nitrogens is 1. The van der Waals surface area contributed by atoms with Gasteiger partial charge in [-0.05, 0) is 204 Å². The lowest BCUT2D eigenvalue weighted by Gasteiger charge is -2.31. The van der Waals surface area contributed by atoms with Crippen molar-refractivity contribution in [2.45, 2.75) is 171 Å². The van der Waals surface area contributed by atoms with Crippen molar-refractivity contribution in [1.82, 2.24) is 4.40 Å².